The van der Waals surface area contributed by atoms with Crippen LogP contribution < -0.4 is 10.1 Å². The number of hydrogen-bond acceptors (Lipinski definition) is 5. The van der Waals surface area contributed by atoms with E-state index in [2.05, 4.69) is 16.3 Å². The zero-order chi connectivity index (χ0) is 22.9. The molecule has 0 aliphatic carbocycles. The van der Waals surface area contributed by atoms with Crippen molar-refractivity contribution in [3.63, 3.8) is 0 Å². The number of nitriles is 1. The largest absolute Gasteiger partial charge is 0.497 e. The predicted molar refractivity (Wildman–Crippen MR) is 123 cm³/mol. The third-order valence-corrected chi connectivity index (χ3v) is 5.86. The summed E-state index contributed by atoms with van der Waals surface area (Å²) in [7, 11) is 1.64. The number of ether oxygens (including phenoxy) is 1. The Hall–Kier alpha value is -3.37. The maximum absolute atomic E-state index is 12.7. The molecule has 3 rings (SSSR count). The number of methoxy groups -OCH3 is 1. The molecule has 0 saturated carbocycles. The maximum atomic E-state index is 12.7. The monoisotopic (exact) mass is 434 g/mol. The van der Waals surface area contributed by atoms with Crippen LogP contribution >= 0.6 is 0 Å². The average Bonchev–Trinajstić information content (AvgIpc) is 3.09. The van der Waals surface area contributed by atoms with Crippen molar-refractivity contribution in [1.82, 2.24) is 9.80 Å². The lowest BCUT2D eigenvalue weighted by atomic mass is 10.1. The molecule has 168 valence electrons. The molecule has 1 aliphatic rings. The van der Waals surface area contributed by atoms with Gasteiger partial charge in [-0.2, -0.15) is 5.26 Å². The lowest BCUT2D eigenvalue weighted by Crippen LogP contribution is -2.44. The van der Waals surface area contributed by atoms with Crippen molar-refractivity contribution in [2.45, 2.75) is 32.2 Å². The molecule has 7 heteroatoms. The number of aryl methyl sites for hydroxylation is 1. The highest BCUT2D eigenvalue weighted by Crippen LogP contribution is 2.15. The highest BCUT2D eigenvalue weighted by Gasteiger charge is 2.25. The van der Waals surface area contributed by atoms with Crippen LogP contribution in [0.3, 0.4) is 0 Å². The van der Waals surface area contributed by atoms with Crippen molar-refractivity contribution in [3.8, 4) is 11.8 Å². The summed E-state index contributed by atoms with van der Waals surface area (Å²) < 4.78 is 5.17. The van der Waals surface area contributed by atoms with E-state index in [9.17, 15) is 9.59 Å². The van der Waals surface area contributed by atoms with E-state index in [1.165, 1.54) is 0 Å². The number of hydrogen-bond donors (Lipinski definition) is 1. The van der Waals surface area contributed by atoms with E-state index in [0.717, 1.165) is 24.3 Å². The first kappa shape index (κ1) is 23.3. The van der Waals surface area contributed by atoms with Gasteiger partial charge in [0.1, 0.15) is 5.75 Å². The molecule has 2 aromatic carbocycles. The summed E-state index contributed by atoms with van der Waals surface area (Å²) in [6.45, 7) is 4.61. The first-order chi connectivity index (χ1) is 15.5. The number of anilines is 1. The summed E-state index contributed by atoms with van der Waals surface area (Å²) >= 11 is 0. The molecular weight excluding hydrogens is 404 g/mol. The van der Waals surface area contributed by atoms with Gasteiger partial charge in [0.25, 0.3) is 0 Å². The fourth-order valence-corrected chi connectivity index (χ4v) is 3.85. The second-order valence-corrected chi connectivity index (χ2v) is 7.98. The number of amides is 2. The van der Waals surface area contributed by atoms with Gasteiger partial charge in [-0.3, -0.25) is 14.5 Å². The molecule has 1 N–H and O–H groups in total. The van der Waals surface area contributed by atoms with Crippen LogP contribution in [0.15, 0.2) is 48.5 Å². The van der Waals surface area contributed by atoms with Crippen LogP contribution in [-0.2, 0) is 16.0 Å². The molecule has 2 aromatic rings. The fraction of sp³-hybridized carbons (Fsp3) is 0.400. The van der Waals surface area contributed by atoms with E-state index in [0.29, 0.717) is 43.7 Å². The minimum Gasteiger partial charge on any atom is -0.497 e. The Balaban J connectivity index is 1.49. The van der Waals surface area contributed by atoms with Crippen LogP contribution in [0.2, 0.25) is 0 Å². The smallest absolute Gasteiger partial charge is 0.241 e. The normalized spacial score (nSPS) is 15.3. The summed E-state index contributed by atoms with van der Waals surface area (Å²) in [6, 6.07) is 16.4. The zero-order valence-corrected chi connectivity index (χ0v) is 18.7. The van der Waals surface area contributed by atoms with Gasteiger partial charge in [-0.05, 0) is 55.7 Å². The van der Waals surface area contributed by atoms with Gasteiger partial charge in [0.15, 0.2) is 0 Å². The third kappa shape index (κ3) is 6.32. The molecule has 0 spiro atoms. The predicted octanol–water partition coefficient (Wildman–Crippen LogP) is 3.06. The van der Waals surface area contributed by atoms with Crippen LogP contribution in [0.1, 0.15) is 30.9 Å². The van der Waals surface area contributed by atoms with E-state index < -0.39 is 0 Å². The van der Waals surface area contributed by atoms with E-state index >= 15 is 0 Å². The summed E-state index contributed by atoms with van der Waals surface area (Å²) in [5.41, 5.74) is 2.24. The third-order valence-electron chi connectivity index (χ3n) is 5.86. The summed E-state index contributed by atoms with van der Waals surface area (Å²) in [5.74, 6) is 0.844. The van der Waals surface area contributed by atoms with Crippen LogP contribution in [0, 0.1) is 11.3 Å². The van der Waals surface area contributed by atoms with Crippen molar-refractivity contribution in [2.75, 3.05) is 38.6 Å². The minimum atomic E-state index is -0.324. The van der Waals surface area contributed by atoms with Gasteiger partial charge < -0.3 is 15.0 Å². The van der Waals surface area contributed by atoms with Crippen molar-refractivity contribution in [1.29, 1.82) is 5.26 Å². The number of nitrogens with one attached hydrogen (secondary N) is 1. The highest BCUT2D eigenvalue weighted by molar-refractivity contribution is 5.94. The standard InChI is InChI=1S/C25H30N4O3/c1-19(25(31)27-22-6-3-5-21(17-22)18-26)28-13-4-14-29(16-15-28)24(30)12-9-20-7-10-23(32-2)11-8-20/h3,5-8,10-11,17,19H,4,9,12-16H2,1-2H3,(H,27,31). The summed E-state index contributed by atoms with van der Waals surface area (Å²) in [6.07, 6.45) is 2.00. The molecule has 1 unspecified atom stereocenters. The summed E-state index contributed by atoms with van der Waals surface area (Å²) in [4.78, 5) is 29.5. The Morgan fingerprint density at radius 3 is 2.62 bits per heavy atom. The number of rotatable bonds is 7. The number of carbonyl (C=O) groups is 2. The second-order valence-electron chi connectivity index (χ2n) is 7.98. The molecule has 1 atom stereocenters. The van der Waals surface area contributed by atoms with E-state index in [1.54, 1.807) is 31.4 Å². The molecule has 1 aliphatic heterocycles. The Morgan fingerprint density at radius 1 is 1.12 bits per heavy atom. The van der Waals surface area contributed by atoms with Crippen molar-refractivity contribution in [3.05, 3.63) is 59.7 Å². The van der Waals surface area contributed by atoms with E-state index in [-0.39, 0.29) is 17.9 Å². The van der Waals surface area contributed by atoms with Gasteiger partial charge in [-0.25, -0.2) is 0 Å². The number of carbonyl (C=O) groups excluding carboxylic acids is 2. The van der Waals surface area contributed by atoms with Crippen molar-refractivity contribution < 1.29 is 14.3 Å². The van der Waals surface area contributed by atoms with Gasteiger partial charge in [0.2, 0.25) is 11.8 Å². The average molecular weight is 435 g/mol. The topological polar surface area (TPSA) is 85.7 Å². The Kier molecular flexibility index (Phi) is 8.23. The van der Waals surface area contributed by atoms with Crippen molar-refractivity contribution in [2.24, 2.45) is 0 Å². The first-order valence-electron chi connectivity index (χ1n) is 11.0. The van der Waals surface area contributed by atoms with E-state index in [4.69, 9.17) is 10.00 Å². The number of nitrogens with zero attached hydrogens (tertiary/aromatic N) is 3. The fourth-order valence-electron chi connectivity index (χ4n) is 3.85. The number of benzene rings is 2. The van der Waals surface area contributed by atoms with Gasteiger partial charge in [-0.15, -0.1) is 0 Å². The zero-order valence-electron chi connectivity index (χ0n) is 18.7. The van der Waals surface area contributed by atoms with Gasteiger partial charge in [0.05, 0.1) is 24.8 Å². The van der Waals surface area contributed by atoms with Crippen LogP contribution in [0.5, 0.6) is 5.75 Å². The highest BCUT2D eigenvalue weighted by atomic mass is 16.5. The van der Waals surface area contributed by atoms with Gasteiger partial charge in [0, 0.05) is 38.3 Å². The lowest BCUT2D eigenvalue weighted by molar-refractivity contribution is -0.131. The minimum absolute atomic E-state index is 0.112. The molecule has 0 radical (unpaired) electrons. The summed E-state index contributed by atoms with van der Waals surface area (Å²) in [5, 5.41) is 11.9. The molecule has 1 fully saturated rings. The van der Waals surface area contributed by atoms with Crippen LogP contribution in [0.25, 0.3) is 0 Å². The molecule has 2 amide bonds. The van der Waals surface area contributed by atoms with Crippen molar-refractivity contribution >= 4 is 17.5 Å². The Labute approximate surface area is 189 Å². The molecule has 1 heterocycles. The molecule has 32 heavy (non-hydrogen) atoms. The Morgan fingerprint density at radius 2 is 1.91 bits per heavy atom. The van der Waals surface area contributed by atoms with E-state index in [1.807, 2.05) is 36.1 Å². The first-order valence-corrected chi connectivity index (χ1v) is 11.0. The molecule has 1 saturated heterocycles. The molecule has 0 aromatic heterocycles. The van der Waals surface area contributed by atoms with Gasteiger partial charge >= 0.3 is 0 Å². The molecular formula is C25H30N4O3. The van der Waals surface area contributed by atoms with Gasteiger partial charge in [-0.1, -0.05) is 18.2 Å². The van der Waals surface area contributed by atoms with Crippen LogP contribution in [0.4, 0.5) is 5.69 Å². The second kappa shape index (κ2) is 11.3. The lowest BCUT2D eigenvalue weighted by Gasteiger charge is -2.27. The molecule has 7 nitrogen and oxygen atoms in total. The quantitative estimate of drug-likeness (QED) is 0.724. The maximum Gasteiger partial charge on any atom is 0.241 e. The SMILES string of the molecule is COc1ccc(CCC(=O)N2CCCN(C(C)C(=O)Nc3cccc(C#N)c3)CC2)cc1. The van der Waals surface area contributed by atoms with Crippen LogP contribution in [-0.4, -0.2) is 60.9 Å². The molecule has 0 bridgehead atoms. The Bertz CT molecular complexity index is 968.